The first-order valence-electron chi connectivity index (χ1n) is 9.80. The lowest BCUT2D eigenvalue weighted by molar-refractivity contribution is -0.126. The second-order valence-corrected chi connectivity index (χ2v) is 9.91. The third-order valence-electron chi connectivity index (χ3n) is 5.85. The van der Waals surface area contributed by atoms with E-state index in [-0.39, 0.29) is 23.6 Å². The van der Waals surface area contributed by atoms with Crippen molar-refractivity contribution < 1.29 is 13.2 Å². The van der Waals surface area contributed by atoms with Gasteiger partial charge < -0.3 is 9.88 Å². The Morgan fingerprint density at radius 1 is 1.18 bits per heavy atom. The largest absolute Gasteiger partial charge is 0.352 e. The molecule has 0 spiro atoms. The lowest BCUT2D eigenvalue weighted by Crippen LogP contribution is -2.45. The first-order valence-corrected chi connectivity index (χ1v) is 11.6. The molecular weight excluding hydrogens is 376 g/mol. The number of likely N-dealkylation sites (tertiary alicyclic amines) is 1. The number of sulfone groups is 1. The molecule has 1 amide bonds. The molecule has 0 saturated carbocycles. The number of benzene rings is 1. The molecule has 8 heteroatoms. The van der Waals surface area contributed by atoms with Gasteiger partial charge in [-0.15, -0.1) is 0 Å². The van der Waals surface area contributed by atoms with Crippen LogP contribution < -0.4 is 5.32 Å². The van der Waals surface area contributed by atoms with Crippen LogP contribution >= 0.6 is 0 Å². The Balaban J connectivity index is 1.30. The van der Waals surface area contributed by atoms with Gasteiger partial charge >= 0.3 is 0 Å². The van der Waals surface area contributed by atoms with Crippen molar-refractivity contribution in [3.8, 4) is 5.69 Å². The zero-order chi connectivity index (χ0) is 19.6. The van der Waals surface area contributed by atoms with Crippen molar-refractivity contribution >= 4 is 15.7 Å². The van der Waals surface area contributed by atoms with Crippen LogP contribution in [0.1, 0.15) is 24.8 Å². The van der Waals surface area contributed by atoms with E-state index in [0.29, 0.717) is 12.3 Å². The van der Waals surface area contributed by atoms with Gasteiger partial charge in [-0.3, -0.25) is 9.69 Å². The minimum Gasteiger partial charge on any atom is -0.352 e. The Labute approximate surface area is 165 Å². The van der Waals surface area contributed by atoms with Crippen molar-refractivity contribution in [3.05, 3.63) is 48.5 Å². The fraction of sp³-hybridized carbons (Fsp3) is 0.500. The fourth-order valence-electron chi connectivity index (χ4n) is 4.23. The van der Waals surface area contributed by atoms with Crippen LogP contribution in [0, 0.1) is 5.92 Å². The molecule has 2 aliphatic rings. The van der Waals surface area contributed by atoms with Gasteiger partial charge in [-0.05, 0) is 44.0 Å². The average Bonchev–Trinajstić information content (AvgIpc) is 3.36. The van der Waals surface area contributed by atoms with Gasteiger partial charge in [0.15, 0.2) is 9.84 Å². The molecule has 1 aromatic heterocycles. The summed E-state index contributed by atoms with van der Waals surface area (Å²) in [4.78, 5) is 19.0. The lowest BCUT2D eigenvalue weighted by Gasteiger charge is -2.34. The Kier molecular flexibility index (Phi) is 5.50. The molecule has 28 heavy (non-hydrogen) atoms. The lowest BCUT2D eigenvalue weighted by atomic mass is 9.94. The van der Waals surface area contributed by atoms with Crippen molar-refractivity contribution in [2.45, 2.75) is 31.8 Å². The standard InChI is InChI=1S/C20H26N4O3S/c25-20(16-5-9-23(10-6-16)18-7-12-28(26,27)14-18)22-13-17-3-1-2-4-19(17)24-11-8-21-15-24/h1-4,8,11,15-16,18H,5-7,9-10,12-14H2,(H,22,25)/t18-/m1/s1. The summed E-state index contributed by atoms with van der Waals surface area (Å²) >= 11 is 0. The quantitative estimate of drug-likeness (QED) is 0.817. The Morgan fingerprint density at radius 2 is 1.96 bits per heavy atom. The fourth-order valence-corrected chi connectivity index (χ4v) is 5.99. The predicted octanol–water partition coefficient (Wildman–Crippen LogP) is 1.39. The van der Waals surface area contributed by atoms with Crippen molar-refractivity contribution in [1.29, 1.82) is 0 Å². The second-order valence-electron chi connectivity index (χ2n) is 7.68. The monoisotopic (exact) mass is 402 g/mol. The van der Waals surface area contributed by atoms with Gasteiger partial charge in [0.1, 0.15) is 0 Å². The van der Waals surface area contributed by atoms with Crippen LogP contribution in [0.5, 0.6) is 0 Å². The highest BCUT2D eigenvalue weighted by Gasteiger charge is 2.35. The summed E-state index contributed by atoms with van der Waals surface area (Å²) < 4.78 is 25.3. The highest BCUT2D eigenvalue weighted by Crippen LogP contribution is 2.25. The highest BCUT2D eigenvalue weighted by molar-refractivity contribution is 7.91. The number of aromatic nitrogens is 2. The van der Waals surface area contributed by atoms with E-state index < -0.39 is 9.84 Å². The number of imidazole rings is 1. The van der Waals surface area contributed by atoms with E-state index >= 15 is 0 Å². The molecule has 1 aromatic carbocycles. The number of amides is 1. The number of hydrogen-bond donors (Lipinski definition) is 1. The number of nitrogens with one attached hydrogen (secondary N) is 1. The Bertz CT molecular complexity index is 919. The maximum Gasteiger partial charge on any atom is 0.223 e. The number of nitrogens with zero attached hydrogens (tertiary/aromatic N) is 3. The van der Waals surface area contributed by atoms with E-state index in [1.807, 2.05) is 35.0 Å². The molecule has 0 radical (unpaired) electrons. The molecule has 1 atom stereocenters. The Hall–Kier alpha value is -2.19. The number of rotatable bonds is 5. The van der Waals surface area contributed by atoms with Gasteiger partial charge in [0.2, 0.25) is 5.91 Å². The molecule has 4 rings (SSSR count). The van der Waals surface area contributed by atoms with E-state index in [0.717, 1.165) is 43.6 Å². The second kappa shape index (κ2) is 8.05. The van der Waals surface area contributed by atoms with Crippen LogP contribution in [-0.4, -0.2) is 59.4 Å². The summed E-state index contributed by atoms with van der Waals surface area (Å²) in [6.07, 6.45) is 7.67. The van der Waals surface area contributed by atoms with Crippen LogP contribution in [0.2, 0.25) is 0 Å². The predicted molar refractivity (Wildman–Crippen MR) is 107 cm³/mol. The number of carbonyl (C=O) groups is 1. The minimum atomic E-state index is -2.86. The summed E-state index contributed by atoms with van der Waals surface area (Å²) in [6.45, 7) is 2.07. The summed E-state index contributed by atoms with van der Waals surface area (Å²) in [5, 5.41) is 3.08. The molecule has 1 N–H and O–H groups in total. The van der Waals surface area contributed by atoms with Crippen molar-refractivity contribution in [2.24, 2.45) is 5.92 Å². The topological polar surface area (TPSA) is 84.3 Å². The molecular formula is C20H26N4O3S. The van der Waals surface area contributed by atoms with Crippen molar-refractivity contribution in [3.63, 3.8) is 0 Å². The number of piperidine rings is 1. The van der Waals surface area contributed by atoms with E-state index in [1.165, 1.54) is 0 Å². The molecule has 2 saturated heterocycles. The smallest absolute Gasteiger partial charge is 0.223 e. The molecule has 2 aliphatic heterocycles. The van der Waals surface area contributed by atoms with Crippen LogP contribution in [0.15, 0.2) is 43.0 Å². The van der Waals surface area contributed by atoms with E-state index in [2.05, 4.69) is 15.2 Å². The summed E-state index contributed by atoms with van der Waals surface area (Å²) in [6, 6.07) is 8.10. The summed E-state index contributed by atoms with van der Waals surface area (Å²) in [5.74, 6) is 0.650. The molecule has 150 valence electrons. The van der Waals surface area contributed by atoms with Crippen LogP contribution in [0.25, 0.3) is 5.69 Å². The zero-order valence-corrected chi connectivity index (χ0v) is 16.6. The van der Waals surface area contributed by atoms with Gasteiger partial charge in [-0.25, -0.2) is 13.4 Å². The molecule has 0 bridgehead atoms. The number of carbonyl (C=O) groups excluding carboxylic acids is 1. The average molecular weight is 403 g/mol. The van der Waals surface area contributed by atoms with Gasteiger partial charge in [0, 0.05) is 30.9 Å². The molecule has 2 aromatic rings. The molecule has 0 aliphatic carbocycles. The first-order chi connectivity index (χ1) is 13.5. The van der Waals surface area contributed by atoms with Crippen LogP contribution in [0.4, 0.5) is 0 Å². The first kappa shape index (κ1) is 19.1. The summed E-state index contributed by atoms with van der Waals surface area (Å²) in [7, 11) is -2.86. The Morgan fingerprint density at radius 3 is 2.64 bits per heavy atom. The SMILES string of the molecule is O=C(NCc1ccccc1-n1ccnc1)C1CCN([C@@H]2CCS(=O)(=O)C2)CC1. The van der Waals surface area contributed by atoms with Gasteiger partial charge in [0.25, 0.3) is 0 Å². The number of hydrogen-bond acceptors (Lipinski definition) is 5. The maximum absolute atomic E-state index is 12.7. The van der Waals surface area contributed by atoms with E-state index in [9.17, 15) is 13.2 Å². The van der Waals surface area contributed by atoms with Crippen LogP contribution in [0.3, 0.4) is 0 Å². The van der Waals surface area contributed by atoms with Crippen LogP contribution in [-0.2, 0) is 21.2 Å². The van der Waals surface area contributed by atoms with Crippen molar-refractivity contribution in [2.75, 3.05) is 24.6 Å². The molecule has 7 nitrogen and oxygen atoms in total. The van der Waals surface area contributed by atoms with Crippen molar-refractivity contribution in [1.82, 2.24) is 19.8 Å². The molecule has 2 fully saturated rings. The zero-order valence-electron chi connectivity index (χ0n) is 15.8. The minimum absolute atomic E-state index is 0.00494. The number of para-hydroxylation sites is 1. The van der Waals surface area contributed by atoms with E-state index in [1.54, 1.807) is 12.5 Å². The van der Waals surface area contributed by atoms with Gasteiger partial charge in [0.05, 0.1) is 23.5 Å². The highest BCUT2D eigenvalue weighted by atomic mass is 32.2. The third kappa shape index (κ3) is 4.28. The molecule has 0 unspecified atom stereocenters. The van der Waals surface area contributed by atoms with Gasteiger partial charge in [-0.1, -0.05) is 18.2 Å². The maximum atomic E-state index is 12.7. The van der Waals surface area contributed by atoms with E-state index in [4.69, 9.17) is 0 Å². The molecule has 3 heterocycles. The third-order valence-corrected chi connectivity index (χ3v) is 7.60. The van der Waals surface area contributed by atoms with Gasteiger partial charge in [-0.2, -0.15) is 0 Å². The normalized spacial score (nSPS) is 22.9. The summed E-state index contributed by atoms with van der Waals surface area (Å²) in [5.41, 5.74) is 2.06.